The minimum atomic E-state index is -3.75. The lowest BCUT2D eigenvalue weighted by Crippen LogP contribution is -2.15. The van der Waals surface area contributed by atoms with Gasteiger partial charge in [0.1, 0.15) is 0 Å². The normalized spacial score (nSPS) is 11.4. The monoisotopic (exact) mass is 345 g/mol. The SMILES string of the molecule is Cc1c(Cl)c(O)c(Cl)c(C)c1NS(=O)(=O)c1ccccc1. The lowest BCUT2D eigenvalue weighted by molar-refractivity contribution is 0.475. The number of nitrogens with one attached hydrogen (secondary N) is 1. The zero-order valence-corrected chi connectivity index (χ0v) is 13.6. The Morgan fingerprint density at radius 3 is 1.95 bits per heavy atom. The van der Waals surface area contributed by atoms with E-state index >= 15 is 0 Å². The maximum absolute atomic E-state index is 12.4. The molecular weight excluding hydrogens is 333 g/mol. The van der Waals surface area contributed by atoms with Crippen molar-refractivity contribution >= 4 is 38.9 Å². The van der Waals surface area contributed by atoms with Crippen LogP contribution in [0.3, 0.4) is 0 Å². The van der Waals surface area contributed by atoms with Crippen molar-refractivity contribution in [3.63, 3.8) is 0 Å². The van der Waals surface area contributed by atoms with E-state index < -0.39 is 10.0 Å². The van der Waals surface area contributed by atoms with Crippen LogP contribution >= 0.6 is 23.2 Å². The zero-order chi connectivity index (χ0) is 15.8. The summed E-state index contributed by atoms with van der Waals surface area (Å²) in [5.41, 5.74) is 1.10. The first-order chi connectivity index (χ1) is 9.75. The first kappa shape index (κ1) is 15.9. The summed E-state index contributed by atoms with van der Waals surface area (Å²) in [4.78, 5) is 0.129. The number of benzene rings is 2. The smallest absolute Gasteiger partial charge is 0.261 e. The molecule has 0 aliphatic heterocycles. The fraction of sp³-hybridized carbons (Fsp3) is 0.143. The third kappa shape index (κ3) is 2.95. The highest BCUT2D eigenvalue weighted by molar-refractivity contribution is 7.92. The van der Waals surface area contributed by atoms with Gasteiger partial charge in [-0.25, -0.2) is 8.42 Å². The van der Waals surface area contributed by atoms with Crippen LogP contribution in [0.15, 0.2) is 35.2 Å². The summed E-state index contributed by atoms with van der Waals surface area (Å²) in [5.74, 6) is -0.254. The van der Waals surface area contributed by atoms with Gasteiger partial charge in [0.15, 0.2) is 5.75 Å². The number of rotatable bonds is 3. The molecule has 2 N–H and O–H groups in total. The summed E-state index contributed by atoms with van der Waals surface area (Å²) in [6.07, 6.45) is 0. The Bertz CT molecular complexity index is 761. The fourth-order valence-electron chi connectivity index (χ4n) is 1.90. The Hall–Kier alpha value is -1.43. The van der Waals surface area contributed by atoms with Crippen molar-refractivity contribution in [2.45, 2.75) is 18.7 Å². The van der Waals surface area contributed by atoms with Crippen LogP contribution in [0.25, 0.3) is 0 Å². The van der Waals surface area contributed by atoms with E-state index in [1.807, 2.05) is 0 Å². The Morgan fingerprint density at radius 1 is 1.00 bits per heavy atom. The molecule has 0 bridgehead atoms. The van der Waals surface area contributed by atoms with E-state index in [2.05, 4.69) is 4.72 Å². The average molecular weight is 346 g/mol. The third-order valence-corrected chi connectivity index (χ3v) is 5.40. The Balaban J connectivity index is 2.55. The van der Waals surface area contributed by atoms with Crippen molar-refractivity contribution in [2.24, 2.45) is 0 Å². The molecule has 112 valence electrons. The second-order valence-electron chi connectivity index (χ2n) is 4.52. The molecule has 0 atom stereocenters. The molecule has 0 radical (unpaired) electrons. The van der Waals surface area contributed by atoms with Crippen molar-refractivity contribution in [2.75, 3.05) is 4.72 Å². The molecule has 0 fully saturated rings. The fourth-order valence-corrected chi connectivity index (χ4v) is 3.53. The zero-order valence-electron chi connectivity index (χ0n) is 11.3. The minimum absolute atomic E-state index is 0.0244. The molecule has 7 heteroatoms. The molecule has 2 aromatic carbocycles. The number of phenolic OH excluding ortho intramolecular Hbond substituents is 1. The lowest BCUT2D eigenvalue weighted by Gasteiger charge is -2.17. The molecule has 0 spiro atoms. The molecule has 0 aliphatic carbocycles. The topological polar surface area (TPSA) is 66.4 Å². The molecular formula is C14H13Cl2NO3S. The van der Waals surface area contributed by atoms with Gasteiger partial charge >= 0.3 is 0 Å². The second-order valence-corrected chi connectivity index (χ2v) is 6.96. The number of sulfonamides is 1. The van der Waals surface area contributed by atoms with Gasteiger partial charge in [-0.15, -0.1) is 0 Å². The minimum Gasteiger partial charge on any atom is -0.505 e. The van der Waals surface area contributed by atoms with Crippen LogP contribution in [0.4, 0.5) is 5.69 Å². The molecule has 0 saturated carbocycles. The van der Waals surface area contributed by atoms with Gasteiger partial charge in [0.05, 0.1) is 20.6 Å². The van der Waals surface area contributed by atoms with E-state index in [9.17, 15) is 13.5 Å². The third-order valence-electron chi connectivity index (χ3n) is 3.11. The predicted molar refractivity (Wildman–Crippen MR) is 84.9 cm³/mol. The Labute approximate surface area is 133 Å². The first-order valence-corrected chi connectivity index (χ1v) is 8.24. The summed E-state index contributed by atoms with van der Waals surface area (Å²) in [5, 5.41) is 9.82. The maximum atomic E-state index is 12.4. The maximum Gasteiger partial charge on any atom is 0.261 e. The quantitative estimate of drug-likeness (QED) is 0.822. The van der Waals surface area contributed by atoms with Gasteiger partial charge in [-0.1, -0.05) is 41.4 Å². The van der Waals surface area contributed by atoms with Crippen molar-refractivity contribution < 1.29 is 13.5 Å². The second kappa shape index (κ2) is 5.75. The summed E-state index contributed by atoms with van der Waals surface area (Å²) < 4.78 is 27.2. The summed E-state index contributed by atoms with van der Waals surface area (Å²) >= 11 is 11.9. The van der Waals surface area contributed by atoms with E-state index in [-0.39, 0.29) is 26.4 Å². The van der Waals surface area contributed by atoms with Gasteiger partial charge in [0.2, 0.25) is 0 Å². The predicted octanol–water partition coefficient (Wildman–Crippen LogP) is 4.12. The van der Waals surface area contributed by atoms with Gasteiger partial charge in [-0.05, 0) is 37.1 Å². The standard InChI is InChI=1S/C14H13Cl2NO3S/c1-8-11(15)14(18)12(16)9(2)13(8)17-21(19,20)10-6-4-3-5-7-10/h3-7,17-18H,1-2H3. The van der Waals surface area contributed by atoms with Crippen LogP contribution in [-0.2, 0) is 10.0 Å². The largest absolute Gasteiger partial charge is 0.505 e. The van der Waals surface area contributed by atoms with Crippen LogP contribution in [0.1, 0.15) is 11.1 Å². The van der Waals surface area contributed by atoms with Crippen molar-refractivity contribution in [1.29, 1.82) is 0 Å². The highest BCUT2D eigenvalue weighted by atomic mass is 35.5. The molecule has 4 nitrogen and oxygen atoms in total. The van der Waals surface area contributed by atoms with Crippen molar-refractivity contribution in [1.82, 2.24) is 0 Å². The first-order valence-electron chi connectivity index (χ1n) is 6.00. The average Bonchev–Trinajstić information content (AvgIpc) is 2.48. The Morgan fingerprint density at radius 2 is 1.48 bits per heavy atom. The lowest BCUT2D eigenvalue weighted by atomic mass is 10.1. The highest BCUT2D eigenvalue weighted by Gasteiger charge is 2.21. The van der Waals surface area contributed by atoms with Crippen LogP contribution in [0.5, 0.6) is 5.75 Å². The van der Waals surface area contributed by atoms with Crippen molar-refractivity contribution in [3.8, 4) is 5.75 Å². The number of phenols is 1. The molecule has 0 unspecified atom stereocenters. The molecule has 0 amide bonds. The van der Waals surface area contributed by atoms with Gasteiger partial charge in [-0.3, -0.25) is 4.72 Å². The molecule has 0 aromatic heterocycles. The van der Waals surface area contributed by atoms with Crippen molar-refractivity contribution in [3.05, 3.63) is 51.5 Å². The van der Waals surface area contributed by atoms with Gasteiger partial charge in [0, 0.05) is 0 Å². The molecule has 21 heavy (non-hydrogen) atoms. The van der Waals surface area contributed by atoms with Gasteiger partial charge in [-0.2, -0.15) is 0 Å². The van der Waals surface area contributed by atoms with E-state index in [1.165, 1.54) is 12.1 Å². The molecule has 0 saturated heterocycles. The molecule has 2 aromatic rings. The number of aromatic hydroxyl groups is 1. The van der Waals surface area contributed by atoms with Gasteiger partial charge in [0.25, 0.3) is 10.0 Å². The highest BCUT2D eigenvalue weighted by Crippen LogP contribution is 2.42. The summed E-state index contributed by atoms with van der Waals surface area (Å²) in [6, 6.07) is 7.95. The number of halogens is 2. The van der Waals surface area contributed by atoms with Crippen LogP contribution in [0, 0.1) is 13.8 Å². The number of hydrogen-bond acceptors (Lipinski definition) is 3. The molecule has 2 rings (SSSR count). The van der Waals surface area contributed by atoms with Crippen LogP contribution < -0.4 is 4.72 Å². The summed E-state index contributed by atoms with van der Waals surface area (Å²) in [7, 11) is -3.75. The summed E-state index contributed by atoms with van der Waals surface area (Å²) in [6.45, 7) is 3.21. The van der Waals surface area contributed by atoms with E-state index in [0.717, 1.165) is 0 Å². The Kier molecular flexibility index (Phi) is 4.37. The number of anilines is 1. The molecule has 0 aliphatic rings. The van der Waals surface area contributed by atoms with E-state index in [4.69, 9.17) is 23.2 Å². The van der Waals surface area contributed by atoms with Crippen LogP contribution in [0.2, 0.25) is 10.0 Å². The van der Waals surface area contributed by atoms with Gasteiger partial charge < -0.3 is 5.11 Å². The number of hydrogen-bond donors (Lipinski definition) is 2. The van der Waals surface area contributed by atoms with Crippen LogP contribution in [-0.4, -0.2) is 13.5 Å². The van der Waals surface area contributed by atoms with E-state index in [0.29, 0.717) is 11.1 Å². The van der Waals surface area contributed by atoms with E-state index in [1.54, 1.807) is 32.0 Å². The molecule has 0 heterocycles.